The average Bonchev–Trinajstić information content (AvgIpc) is 2.21. The fourth-order valence-corrected chi connectivity index (χ4v) is 0.847. The zero-order valence-electron chi connectivity index (χ0n) is 6.60. The molecule has 4 nitrogen and oxygen atoms in total. The van der Waals surface area contributed by atoms with Crippen molar-refractivity contribution in [3.05, 3.63) is 35.4 Å². The van der Waals surface area contributed by atoms with E-state index in [0.29, 0.717) is 11.1 Å². The van der Waals surface area contributed by atoms with E-state index in [1.54, 1.807) is 30.3 Å². The van der Waals surface area contributed by atoms with Gasteiger partial charge < -0.3 is 5.21 Å². The molecule has 0 aromatic heterocycles. The lowest BCUT2D eigenvalue weighted by molar-refractivity contribution is 0.320. The molecule has 1 N–H and O–H groups in total. The Bertz CT molecular complexity index is 406. The minimum absolute atomic E-state index is 0.0653. The first-order valence-electron chi connectivity index (χ1n) is 3.44. The molecule has 0 amide bonds. The molecule has 62 valence electrons. The van der Waals surface area contributed by atoms with E-state index in [4.69, 9.17) is 15.7 Å². The minimum atomic E-state index is -0.0653. The summed E-state index contributed by atoms with van der Waals surface area (Å²) in [6, 6.07) is 9.88. The fourth-order valence-electron chi connectivity index (χ4n) is 0.847. The van der Waals surface area contributed by atoms with Crippen LogP contribution in [0.15, 0.2) is 29.4 Å². The van der Waals surface area contributed by atoms with Gasteiger partial charge in [0.2, 0.25) is 0 Å². The highest BCUT2D eigenvalue weighted by atomic mass is 16.4. The topological polar surface area (TPSA) is 80.2 Å². The molecule has 13 heavy (non-hydrogen) atoms. The summed E-state index contributed by atoms with van der Waals surface area (Å²) in [5.74, 6) is 0. The third-order valence-electron chi connectivity index (χ3n) is 1.49. The maximum Gasteiger partial charge on any atom is 0.186 e. The highest BCUT2D eigenvalue weighted by Gasteiger charge is 2.01. The third kappa shape index (κ3) is 1.82. The Kier molecular flexibility index (Phi) is 2.62. The second-order valence-corrected chi connectivity index (χ2v) is 2.25. The van der Waals surface area contributed by atoms with Gasteiger partial charge in [0.25, 0.3) is 0 Å². The maximum atomic E-state index is 8.50. The monoisotopic (exact) mass is 171 g/mol. The number of rotatable bonds is 1. The average molecular weight is 171 g/mol. The molecular formula is C9H5N3O. The highest BCUT2D eigenvalue weighted by molar-refractivity contribution is 6.11. The van der Waals surface area contributed by atoms with E-state index in [0.717, 1.165) is 0 Å². The first-order valence-corrected chi connectivity index (χ1v) is 3.44. The number of oxime groups is 1. The van der Waals surface area contributed by atoms with Gasteiger partial charge in [0.05, 0.1) is 11.6 Å². The molecule has 0 atom stereocenters. The molecule has 0 fully saturated rings. The van der Waals surface area contributed by atoms with Crippen LogP contribution in [0.2, 0.25) is 0 Å². The van der Waals surface area contributed by atoms with Gasteiger partial charge >= 0.3 is 0 Å². The molecule has 0 aliphatic heterocycles. The van der Waals surface area contributed by atoms with Crippen LogP contribution < -0.4 is 0 Å². The molecule has 4 heteroatoms. The van der Waals surface area contributed by atoms with Crippen LogP contribution in [-0.2, 0) is 0 Å². The van der Waals surface area contributed by atoms with Gasteiger partial charge in [0.15, 0.2) is 5.71 Å². The van der Waals surface area contributed by atoms with E-state index in [1.165, 1.54) is 0 Å². The lowest BCUT2D eigenvalue weighted by Crippen LogP contribution is -1.96. The quantitative estimate of drug-likeness (QED) is 0.392. The van der Waals surface area contributed by atoms with Crippen LogP contribution in [-0.4, -0.2) is 10.9 Å². The molecule has 1 aromatic rings. The number of nitriles is 2. The zero-order chi connectivity index (χ0) is 9.68. The van der Waals surface area contributed by atoms with Gasteiger partial charge in [-0.1, -0.05) is 17.3 Å². The molecule has 0 aliphatic rings. The van der Waals surface area contributed by atoms with Crippen molar-refractivity contribution in [3.63, 3.8) is 0 Å². The third-order valence-corrected chi connectivity index (χ3v) is 1.49. The van der Waals surface area contributed by atoms with Crippen LogP contribution in [0.1, 0.15) is 11.1 Å². The summed E-state index contributed by atoms with van der Waals surface area (Å²) in [5, 5.41) is 28.2. The summed E-state index contributed by atoms with van der Waals surface area (Å²) >= 11 is 0. The van der Waals surface area contributed by atoms with Gasteiger partial charge in [-0.05, 0) is 12.1 Å². The van der Waals surface area contributed by atoms with Crippen molar-refractivity contribution in [2.24, 2.45) is 5.16 Å². The summed E-state index contributed by atoms with van der Waals surface area (Å²) in [7, 11) is 0. The van der Waals surface area contributed by atoms with E-state index in [9.17, 15) is 0 Å². The predicted octanol–water partition coefficient (Wildman–Crippen LogP) is 1.26. The molecule has 0 saturated heterocycles. The zero-order valence-corrected chi connectivity index (χ0v) is 6.60. The Morgan fingerprint density at radius 3 is 2.23 bits per heavy atom. The van der Waals surface area contributed by atoms with E-state index >= 15 is 0 Å². The molecule has 0 saturated carbocycles. The summed E-state index contributed by atoms with van der Waals surface area (Å²) in [5.41, 5.74) is 0.924. The van der Waals surface area contributed by atoms with E-state index in [-0.39, 0.29) is 5.71 Å². The van der Waals surface area contributed by atoms with Crippen molar-refractivity contribution in [1.82, 2.24) is 0 Å². The van der Waals surface area contributed by atoms with Crippen molar-refractivity contribution in [2.45, 2.75) is 0 Å². The Labute approximate surface area is 75.0 Å². The van der Waals surface area contributed by atoms with Crippen molar-refractivity contribution >= 4 is 5.71 Å². The van der Waals surface area contributed by atoms with Crippen LogP contribution in [0.4, 0.5) is 0 Å². The SMILES string of the molecule is N#C/C(=N/O)c1ccc(C#N)cc1. The summed E-state index contributed by atoms with van der Waals surface area (Å²) in [6.45, 7) is 0. The molecule has 0 radical (unpaired) electrons. The van der Waals surface area contributed by atoms with Crippen molar-refractivity contribution in [1.29, 1.82) is 10.5 Å². The first kappa shape index (κ1) is 8.76. The molecule has 0 unspecified atom stereocenters. The molecule has 1 aromatic carbocycles. The van der Waals surface area contributed by atoms with Gasteiger partial charge in [-0.3, -0.25) is 0 Å². The van der Waals surface area contributed by atoms with Crippen LogP contribution >= 0.6 is 0 Å². The second-order valence-electron chi connectivity index (χ2n) is 2.25. The molecule has 1 rings (SSSR count). The number of hydrogen-bond donors (Lipinski definition) is 1. The molecule has 0 heterocycles. The minimum Gasteiger partial charge on any atom is -0.410 e. The van der Waals surface area contributed by atoms with Gasteiger partial charge in [0.1, 0.15) is 6.07 Å². The van der Waals surface area contributed by atoms with Crippen molar-refractivity contribution < 1.29 is 5.21 Å². The molecule has 0 bridgehead atoms. The molecule has 0 spiro atoms. The van der Waals surface area contributed by atoms with E-state index in [1.807, 2.05) is 6.07 Å². The standard InChI is InChI=1S/C9H5N3O/c10-5-7-1-3-8(4-2-7)9(6-11)12-13/h1-4,13H/b12-9-. The molecular weight excluding hydrogens is 166 g/mol. The van der Waals surface area contributed by atoms with E-state index in [2.05, 4.69) is 5.16 Å². The first-order chi connectivity index (χ1) is 6.31. The Hall–Kier alpha value is -2.33. The Balaban J connectivity index is 3.08. The number of nitrogens with zero attached hydrogens (tertiary/aromatic N) is 3. The van der Waals surface area contributed by atoms with Gasteiger partial charge in [-0.2, -0.15) is 10.5 Å². The largest absolute Gasteiger partial charge is 0.410 e. The normalized spacial score (nSPS) is 10.2. The summed E-state index contributed by atoms with van der Waals surface area (Å²) < 4.78 is 0. The Morgan fingerprint density at radius 1 is 1.23 bits per heavy atom. The van der Waals surface area contributed by atoms with Crippen LogP contribution in [0.3, 0.4) is 0 Å². The van der Waals surface area contributed by atoms with Crippen LogP contribution in [0.25, 0.3) is 0 Å². The highest BCUT2D eigenvalue weighted by Crippen LogP contribution is 2.04. The summed E-state index contributed by atoms with van der Waals surface area (Å²) in [4.78, 5) is 0. The van der Waals surface area contributed by atoms with Crippen LogP contribution in [0, 0.1) is 22.7 Å². The van der Waals surface area contributed by atoms with Crippen molar-refractivity contribution in [2.75, 3.05) is 0 Å². The smallest absolute Gasteiger partial charge is 0.186 e. The lowest BCUT2D eigenvalue weighted by Gasteiger charge is -1.94. The number of hydrogen-bond acceptors (Lipinski definition) is 4. The van der Waals surface area contributed by atoms with Gasteiger partial charge in [-0.25, -0.2) is 0 Å². The molecule has 0 aliphatic carbocycles. The second kappa shape index (κ2) is 3.89. The predicted molar refractivity (Wildman–Crippen MR) is 45.1 cm³/mol. The van der Waals surface area contributed by atoms with Crippen LogP contribution in [0.5, 0.6) is 0 Å². The number of benzene rings is 1. The Morgan fingerprint density at radius 2 is 1.85 bits per heavy atom. The lowest BCUT2D eigenvalue weighted by atomic mass is 10.1. The fraction of sp³-hybridized carbons (Fsp3) is 0. The summed E-state index contributed by atoms with van der Waals surface area (Å²) in [6.07, 6.45) is 0. The van der Waals surface area contributed by atoms with Crippen molar-refractivity contribution in [3.8, 4) is 12.1 Å². The van der Waals surface area contributed by atoms with E-state index < -0.39 is 0 Å². The maximum absolute atomic E-state index is 8.50. The van der Waals surface area contributed by atoms with Gasteiger partial charge in [0, 0.05) is 5.56 Å². The van der Waals surface area contributed by atoms with Gasteiger partial charge in [-0.15, -0.1) is 0 Å².